The van der Waals surface area contributed by atoms with Gasteiger partial charge < -0.3 is 9.84 Å². The summed E-state index contributed by atoms with van der Waals surface area (Å²) >= 11 is 0. The highest BCUT2D eigenvalue weighted by Gasteiger charge is 2.16. The molecule has 1 aromatic rings. The van der Waals surface area contributed by atoms with E-state index in [1.807, 2.05) is 0 Å². The Bertz CT molecular complexity index is 326. The highest BCUT2D eigenvalue weighted by Crippen LogP contribution is 2.20. The molecule has 0 atom stereocenters. The molecular formula is C11H18N4O. The van der Waals surface area contributed by atoms with Gasteiger partial charge in [0.15, 0.2) is 5.82 Å². The Labute approximate surface area is 95.8 Å². The lowest BCUT2D eigenvalue weighted by molar-refractivity contribution is 0.318. The van der Waals surface area contributed by atoms with Crippen LogP contribution in [0.25, 0.3) is 0 Å². The summed E-state index contributed by atoms with van der Waals surface area (Å²) in [5.41, 5.74) is 0.160. The lowest BCUT2D eigenvalue weighted by Gasteiger charge is -2.23. The minimum absolute atomic E-state index is 0.160. The third-order valence-electron chi connectivity index (χ3n) is 2.45. The van der Waals surface area contributed by atoms with Crippen LogP contribution < -0.4 is 5.32 Å². The van der Waals surface area contributed by atoms with Crippen molar-refractivity contribution in [2.24, 2.45) is 5.41 Å². The molecule has 0 aliphatic carbocycles. The Morgan fingerprint density at radius 2 is 2.38 bits per heavy atom. The Kier molecular flexibility index (Phi) is 4.93. The monoisotopic (exact) mass is 222 g/mol. The molecule has 16 heavy (non-hydrogen) atoms. The molecule has 1 N–H and O–H groups in total. The van der Waals surface area contributed by atoms with Crippen LogP contribution in [0.3, 0.4) is 0 Å². The van der Waals surface area contributed by atoms with E-state index in [9.17, 15) is 0 Å². The van der Waals surface area contributed by atoms with Crippen LogP contribution in [0.5, 0.6) is 0 Å². The van der Waals surface area contributed by atoms with Crippen molar-refractivity contribution in [2.45, 2.75) is 33.1 Å². The van der Waals surface area contributed by atoms with Crippen LogP contribution in [-0.4, -0.2) is 23.2 Å². The molecule has 1 rings (SSSR count). The van der Waals surface area contributed by atoms with Gasteiger partial charge in [0.2, 0.25) is 6.39 Å². The number of aromatic nitrogens is 2. The van der Waals surface area contributed by atoms with Gasteiger partial charge in [-0.05, 0) is 11.8 Å². The number of hydrogen-bond donors (Lipinski definition) is 1. The molecule has 0 aliphatic rings. The summed E-state index contributed by atoms with van der Waals surface area (Å²) < 4.78 is 4.64. The normalized spacial score (nSPS) is 11.3. The van der Waals surface area contributed by atoms with Crippen molar-refractivity contribution in [1.82, 2.24) is 15.5 Å². The van der Waals surface area contributed by atoms with E-state index >= 15 is 0 Å². The van der Waals surface area contributed by atoms with Gasteiger partial charge in [-0.25, -0.2) is 0 Å². The lowest BCUT2D eigenvalue weighted by Crippen LogP contribution is -2.30. The summed E-state index contributed by atoms with van der Waals surface area (Å²) in [4.78, 5) is 3.94. The van der Waals surface area contributed by atoms with Gasteiger partial charge in [0.25, 0.3) is 0 Å². The Hall–Kier alpha value is -1.41. The predicted molar refractivity (Wildman–Crippen MR) is 59.5 cm³/mol. The summed E-state index contributed by atoms with van der Waals surface area (Å²) in [5, 5.41) is 15.6. The topological polar surface area (TPSA) is 74.7 Å². The molecule has 0 saturated heterocycles. The minimum atomic E-state index is 0.160. The van der Waals surface area contributed by atoms with E-state index in [2.05, 4.69) is 39.9 Å². The molecular weight excluding hydrogens is 204 g/mol. The first kappa shape index (κ1) is 12.7. The zero-order chi connectivity index (χ0) is 11.9. The fraction of sp³-hybridized carbons (Fsp3) is 0.727. The Morgan fingerprint density at radius 3 is 3.00 bits per heavy atom. The van der Waals surface area contributed by atoms with Crippen molar-refractivity contribution >= 4 is 0 Å². The molecule has 0 amide bonds. The summed E-state index contributed by atoms with van der Waals surface area (Å²) in [6.07, 6.45) is 3.63. The average molecular weight is 222 g/mol. The summed E-state index contributed by atoms with van der Waals surface area (Å²) in [6, 6.07) is 2.18. The van der Waals surface area contributed by atoms with Crippen molar-refractivity contribution in [3.8, 4) is 6.07 Å². The second-order valence-electron chi connectivity index (χ2n) is 4.60. The van der Waals surface area contributed by atoms with Gasteiger partial charge >= 0.3 is 0 Å². The predicted octanol–water partition coefficient (Wildman–Crippen LogP) is 1.53. The van der Waals surface area contributed by atoms with Crippen LogP contribution >= 0.6 is 0 Å². The third kappa shape index (κ3) is 4.89. The standard InChI is InChI=1S/C11H18N4O/c1-11(2,5-3-6-12)8-13-7-4-10-14-9-16-15-10/h9,13H,3-5,7-8H2,1-2H3. The van der Waals surface area contributed by atoms with Crippen LogP contribution in [0, 0.1) is 16.7 Å². The van der Waals surface area contributed by atoms with Crippen molar-refractivity contribution in [3.63, 3.8) is 0 Å². The molecule has 0 saturated carbocycles. The number of nitrogens with zero attached hydrogens (tertiary/aromatic N) is 3. The number of nitrogens with one attached hydrogen (secondary N) is 1. The van der Waals surface area contributed by atoms with Crippen molar-refractivity contribution in [2.75, 3.05) is 13.1 Å². The van der Waals surface area contributed by atoms with Crippen LogP contribution in [0.15, 0.2) is 10.9 Å². The molecule has 5 nitrogen and oxygen atoms in total. The number of hydrogen-bond acceptors (Lipinski definition) is 5. The SMILES string of the molecule is CC(C)(CCC#N)CNCCc1ncon1. The van der Waals surface area contributed by atoms with Gasteiger partial charge in [-0.15, -0.1) is 0 Å². The molecule has 0 bridgehead atoms. The highest BCUT2D eigenvalue weighted by atomic mass is 16.5. The molecule has 0 radical (unpaired) electrons. The second kappa shape index (κ2) is 6.23. The van der Waals surface area contributed by atoms with E-state index in [0.717, 1.165) is 31.8 Å². The molecule has 0 aromatic carbocycles. The van der Waals surface area contributed by atoms with E-state index in [1.54, 1.807) is 0 Å². The van der Waals surface area contributed by atoms with E-state index in [1.165, 1.54) is 6.39 Å². The van der Waals surface area contributed by atoms with Crippen LogP contribution in [-0.2, 0) is 6.42 Å². The van der Waals surface area contributed by atoms with Crippen molar-refractivity contribution in [1.29, 1.82) is 5.26 Å². The quantitative estimate of drug-likeness (QED) is 0.708. The van der Waals surface area contributed by atoms with E-state index in [4.69, 9.17) is 5.26 Å². The van der Waals surface area contributed by atoms with Gasteiger partial charge in [-0.2, -0.15) is 10.2 Å². The minimum Gasteiger partial charge on any atom is -0.343 e. The molecule has 1 heterocycles. The Balaban J connectivity index is 2.12. The van der Waals surface area contributed by atoms with Crippen molar-refractivity contribution < 1.29 is 4.52 Å². The summed E-state index contributed by atoms with van der Waals surface area (Å²) in [7, 11) is 0. The molecule has 1 aromatic heterocycles. The summed E-state index contributed by atoms with van der Waals surface area (Å²) in [5.74, 6) is 0.724. The Morgan fingerprint density at radius 1 is 1.56 bits per heavy atom. The van der Waals surface area contributed by atoms with Gasteiger partial charge in [-0.3, -0.25) is 0 Å². The molecule has 5 heteroatoms. The average Bonchev–Trinajstić information content (AvgIpc) is 2.75. The van der Waals surface area contributed by atoms with Crippen molar-refractivity contribution in [3.05, 3.63) is 12.2 Å². The first-order valence-corrected chi connectivity index (χ1v) is 5.47. The second-order valence-corrected chi connectivity index (χ2v) is 4.60. The fourth-order valence-electron chi connectivity index (χ4n) is 1.41. The summed E-state index contributed by atoms with van der Waals surface area (Å²) in [6.45, 7) is 6.04. The highest BCUT2D eigenvalue weighted by molar-refractivity contribution is 4.81. The molecule has 0 unspecified atom stereocenters. The van der Waals surface area contributed by atoms with Gasteiger partial charge in [0, 0.05) is 25.9 Å². The number of nitriles is 1. The molecule has 0 aliphatic heterocycles. The molecule has 0 spiro atoms. The first-order chi connectivity index (χ1) is 7.64. The maximum absolute atomic E-state index is 8.53. The van der Waals surface area contributed by atoms with Crippen LogP contribution in [0.2, 0.25) is 0 Å². The molecule has 88 valence electrons. The van der Waals surface area contributed by atoms with E-state index < -0.39 is 0 Å². The maximum Gasteiger partial charge on any atom is 0.213 e. The van der Waals surface area contributed by atoms with Gasteiger partial charge in [-0.1, -0.05) is 19.0 Å². The molecule has 0 fully saturated rings. The smallest absolute Gasteiger partial charge is 0.213 e. The zero-order valence-corrected chi connectivity index (χ0v) is 9.86. The third-order valence-corrected chi connectivity index (χ3v) is 2.45. The lowest BCUT2D eigenvalue weighted by atomic mass is 9.88. The van der Waals surface area contributed by atoms with Gasteiger partial charge in [0.05, 0.1) is 6.07 Å². The van der Waals surface area contributed by atoms with Crippen LogP contribution in [0.4, 0.5) is 0 Å². The zero-order valence-electron chi connectivity index (χ0n) is 9.86. The fourth-order valence-corrected chi connectivity index (χ4v) is 1.41. The largest absolute Gasteiger partial charge is 0.343 e. The van der Waals surface area contributed by atoms with E-state index in [-0.39, 0.29) is 5.41 Å². The van der Waals surface area contributed by atoms with Gasteiger partial charge in [0.1, 0.15) is 0 Å². The first-order valence-electron chi connectivity index (χ1n) is 5.47. The van der Waals surface area contributed by atoms with E-state index in [0.29, 0.717) is 6.42 Å². The van der Waals surface area contributed by atoms with Crippen LogP contribution in [0.1, 0.15) is 32.5 Å². The maximum atomic E-state index is 8.53. The number of rotatable bonds is 7.